The maximum Gasteiger partial charge on any atom is 0.507 e. The summed E-state index contributed by atoms with van der Waals surface area (Å²) in [5.41, 5.74) is 0. The molecule has 5 heteroatoms. The molecule has 0 aliphatic carbocycles. The van der Waals surface area contributed by atoms with Crippen molar-refractivity contribution >= 4 is 6.16 Å². The first kappa shape index (κ1) is 10.2. The lowest BCUT2D eigenvalue weighted by Crippen LogP contribution is -2.02. The lowest BCUT2D eigenvalue weighted by Gasteiger charge is -1.89. The monoisotopic (exact) mass is 122 g/mol. The molecule has 0 aliphatic rings. The lowest BCUT2D eigenvalue weighted by molar-refractivity contribution is 0.0924. The summed E-state index contributed by atoms with van der Waals surface area (Å²) < 4.78 is 8.08. The van der Waals surface area contributed by atoms with Crippen molar-refractivity contribution in [2.45, 2.75) is 0 Å². The van der Waals surface area contributed by atoms with E-state index in [0.717, 1.165) is 0 Å². The fraction of sp³-hybridized carbons (Fsp3) is 0.667. The van der Waals surface area contributed by atoms with Crippen molar-refractivity contribution in [1.82, 2.24) is 0 Å². The van der Waals surface area contributed by atoms with Gasteiger partial charge in [-0.3, -0.25) is 11.7 Å². The minimum atomic E-state index is -0.657. The van der Waals surface area contributed by atoms with Gasteiger partial charge in [0.05, 0.1) is 14.2 Å². The normalized spacial score (nSPS) is 6.00. The predicted molar refractivity (Wildman–Crippen MR) is 27.8 cm³/mol. The van der Waals surface area contributed by atoms with Crippen LogP contribution in [-0.2, 0) is 9.47 Å². The van der Waals surface area contributed by atoms with Crippen LogP contribution in [0.5, 0.6) is 0 Å². The third-order valence-corrected chi connectivity index (χ3v) is 0.333. The highest BCUT2D eigenvalue weighted by Crippen LogP contribution is 1.72. The molecule has 50 valence electrons. The van der Waals surface area contributed by atoms with Crippen LogP contribution in [0.3, 0.4) is 0 Å². The fourth-order valence-electron chi connectivity index (χ4n) is 0.0833. The molecule has 0 spiro atoms. The topological polar surface area (TPSA) is 87.6 Å². The predicted octanol–water partition coefficient (Wildman–Crippen LogP) is -0.782. The van der Waals surface area contributed by atoms with Gasteiger partial charge in [0, 0.05) is 0 Å². The first-order valence-corrected chi connectivity index (χ1v) is 1.76. The number of ether oxygens (including phenoxy) is 2. The molecule has 0 saturated heterocycles. The molecule has 4 N–H and O–H groups in total. The van der Waals surface area contributed by atoms with E-state index in [4.69, 9.17) is 0 Å². The molecule has 8 heavy (non-hydrogen) atoms. The zero-order valence-electron chi connectivity index (χ0n) is 4.88. The molecule has 0 aromatic rings. The summed E-state index contributed by atoms with van der Waals surface area (Å²) >= 11 is 0. The molecule has 0 unspecified atom stereocenters. The highest BCUT2D eigenvalue weighted by Gasteiger charge is 1.88. The van der Waals surface area contributed by atoms with Gasteiger partial charge in [-0.05, 0) is 0 Å². The van der Waals surface area contributed by atoms with Gasteiger partial charge in [0.25, 0.3) is 0 Å². The number of hydrazine groups is 1. The van der Waals surface area contributed by atoms with Crippen LogP contribution in [0.1, 0.15) is 0 Å². The molecule has 0 aromatic heterocycles. The molecular weight excluding hydrogens is 112 g/mol. The summed E-state index contributed by atoms with van der Waals surface area (Å²) in [5.74, 6) is 8.00. The van der Waals surface area contributed by atoms with Gasteiger partial charge >= 0.3 is 6.16 Å². The van der Waals surface area contributed by atoms with Gasteiger partial charge in [-0.25, -0.2) is 4.79 Å². The third-order valence-electron chi connectivity index (χ3n) is 0.333. The Morgan fingerprint density at radius 3 is 1.50 bits per heavy atom. The van der Waals surface area contributed by atoms with E-state index in [-0.39, 0.29) is 0 Å². The van der Waals surface area contributed by atoms with Crippen molar-refractivity contribution in [2.24, 2.45) is 11.7 Å². The van der Waals surface area contributed by atoms with E-state index in [9.17, 15) is 4.79 Å². The lowest BCUT2D eigenvalue weighted by atomic mass is 11.3. The summed E-state index contributed by atoms with van der Waals surface area (Å²) in [6, 6.07) is 0. The molecule has 0 saturated carbocycles. The minimum absolute atomic E-state index is 0.657. The number of hydrogen-bond acceptors (Lipinski definition) is 5. The SMILES string of the molecule is COC(=O)OC.NN. The van der Waals surface area contributed by atoms with Crippen LogP contribution in [0.4, 0.5) is 4.79 Å². The average Bonchev–Trinajstić information content (AvgIpc) is 1.91. The van der Waals surface area contributed by atoms with Gasteiger partial charge in [0.1, 0.15) is 0 Å². The van der Waals surface area contributed by atoms with Crippen molar-refractivity contribution in [1.29, 1.82) is 0 Å². The van der Waals surface area contributed by atoms with Gasteiger partial charge in [-0.2, -0.15) is 0 Å². The van der Waals surface area contributed by atoms with Crippen LogP contribution in [-0.4, -0.2) is 20.4 Å². The maximum absolute atomic E-state index is 9.74. The number of hydrogen-bond donors (Lipinski definition) is 2. The number of nitrogens with two attached hydrogens (primary N) is 2. The Balaban J connectivity index is 0. The van der Waals surface area contributed by atoms with E-state index < -0.39 is 6.16 Å². The number of carbonyl (C=O) groups is 1. The highest BCUT2D eigenvalue weighted by molar-refractivity contribution is 5.59. The molecule has 0 amide bonds. The smallest absolute Gasteiger partial charge is 0.438 e. The van der Waals surface area contributed by atoms with Crippen LogP contribution in [0.2, 0.25) is 0 Å². The van der Waals surface area contributed by atoms with E-state index >= 15 is 0 Å². The molecule has 5 nitrogen and oxygen atoms in total. The Kier molecular flexibility index (Phi) is 12.1. The molecule has 0 aromatic carbocycles. The maximum atomic E-state index is 9.74. The number of carbonyl (C=O) groups excluding carboxylic acids is 1. The summed E-state index contributed by atoms with van der Waals surface area (Å²) in [6.07, 6.45) is -0.657. The van der Waals surface area contributed by atoms with E-state index in [1.165, 1.54) is 14.2 Å². The standard InChI is InChI=1S/C3H6O3.H4N2/c1-5-3(4)6-2;1-2/h1-2H3;1-2H2. The van der Waals surface area contributed by atoms with Crippen LogP contribution in [0.25, 0.3) is 0 Å². The number of rotatable bonds is 0. The molecular formula is C3H10N2O3. The average molecular weight is 122 g/mol. The molecule has 0 aliphatic heterocycles. The van der Waals surface area contributed by atoms with Gasteiger partial charge in [0.2, 0.25) is 0 Å². The van der Waals surface area contributed by atoms with Crippen LogP contribution in [0.15, 0.2) is 0 Å². The molecule has 0 radical (unpaired) electrons. The summed E-state index contributed by atoms with van der Waals surface area (Å²) in [7, 11) is 2.51. The Labute approximate surface area is 47.5 Å². The molecule has 0 fully saturated rings. The Morgan fingerprint density at radius 2 is 1.50 bits per heavy atom. The summed E-state index contributed by atoms with van der Waals surface area (Å²) in [6.45, 7) is 0. The quantitative estimate of drug-likeness (QED) is 0.250. The van der Waals surface area contributed by atoms with Crippen LogP contribution < -0.4 is 11.7 Å². The molecule has 0 rings (SSSR count). The van der Waals surface area contributed by atoms with Crippen molar-refractivity contribution in [3.8, 4) is 0 Å². The fourth-order valence-corrected chi connectivity index (χ4v) is 0.0833. The van der Waals surface area contributed by atoms with Crippen molar-refractivity contribution in [2.75, 3.05) is 14.2 Å². The van der Waals surface area contributed by atoms with Crippen LogP contribution in [0, 0.1) is 0 Å². The second-order valence-electron chi connectivity index (χ2n) is 0.658. The van der Waals surface area contributed by atoms with Crippen molar-refractivity contribution < 1.29 is 14.3 Å². The molecule has 0 heterocycles. The highest BCUT2D eigenvalue weighted by atomic mass is 16.7. The number of methoxy groups -OCH3 is 2. The minimum Gasteiger partial charge on any atom is -0.438 e. The Morgan fingerprint density at radius 1 is 1.25 bits per heavy atom. The summed E-state index contributed by atoms with van der Waals surface area (Å²) in [5, 5.41) is 0. The second-order valence-corrected chi connectivity index (χ2v) is 0.658. The van der Waals surface area contributed by atoms with E-state index in [1.54, 1.807) is 0 Å². The van der Waals surface area contributed by atoms with Gasteiger partial charge in [-0.15, -0.1) is 0 Å². The zero-order chi connectivity index (χ0) is 6.99. The first-order chi connectivity index (χ1) is 3.81. The Bertz CT molecular complexity index is 50.5. The van der Waals surface area contributed by atoms with Gasteiger partial charge < -0.3 is 9.47 Å². The molecule has 0 bridgehead atoms. The van der Waals surface area contributed by atoms with Gasteiger partial charge in [0.15, 0.2) is 0 Å². The molecule has 0 atom stereocenters. The first-order valence-electron chi connectivity index (χ1n) is 1.76. The van der Waals surface area contributed by atoms with E-state index in [0.29, 0.717) is 0 Å². The summed E-state index contributed by atoms with van der Waals surface area (Å²) in [4.78, 5) is 9.74. The van der Waals surface area contributed by atoms with Crippen LogP contribution >= 0.6 is 0 Å². The zero-order valence-corrected chi connectivity index (χ0v) is 4.88. The second kappa shape index (κ2) is 9.50. The van der Waals surface area contributed by atoms with E-state index in [1.807, 2.05) is 0 Å². The Hall–Kier alpha value is -0.810. The van der Waals surface area contributed by atoms with Gasteiger partial charge in [-0.1, -0.05) is 0 Å². The largest absolute Gasteiger partial charge is 0.507 e. The van der Waals surface area contributed by atoms with E-state index in [2.05, 4.69) is 21.2 Å². The third kappa shape index (κ3) is 8.95. The van der Waals surface area contributed by atoms with Crippen molar-refractivity contribution in [3.63, 3.8) is 0 Å². The van der Waals surface area contributed by atoms with Crippen molar-refractivity contribution in [3.05, 3.63) is 0 Å².